The third-order valence-electron chi connectivity index (χ3n) is 4.69. The molecule has 0 aliphatic rings. The van der Waals surface area contributed by atoms with Crippen molar-refractivity contribution in [1.29, 1.82) is 0 Å². The van der Waals surface area contributed by atoms with E-state index in [1.54, 1.807) is 19.1 Å². The van der Waals surface area contributed by atoms with Crippen molar-refractivity contribution in [3.05, 3.63) is 95.8 Å². The standard InChI is InChI=1S/C24H24FNO/c1-19(27)26(18-21-11-15-24(25)16-12-21)17-5-6-20-9-13-23(14-10-20)22-7-3-2-4-8-22/h2-4,7-16H,5-6,17-18H2,1H3. The molecule has 0 saturated heterocycles. The largest absolute Gasteiger partial charge is 0.339 e. The summed E-state index contributed by atoms with van der Waals surface area (Å²) in [6.07, 6.45) is 1.81. The number of carbonyl (C=O) groups is 1. The SMILES string of the molecule is CC(=O)N(CCCc1ccc(-c2ccccc2)cc1)Cc1ccc(F)cc1. The van der Waals surface area contributed by atoms with Crippen molar-refractivity contribution in [2.45, 2.75) is 26.3 Å². The zero-order valence-corrected chi connectivity index (χ0v) is 15.6. The average Bonchev–Trinajstić information content (AvgIpc) is 2.70. The van der Waals surface area contributed by atoms with Gasteiger partial charge in [-0.25, -0.2) is 4.39 Å². The highest BCUT2D eigenvalue weighted by Crippen LogP contribution is 2.20. The van der Waals surface area contributed by atoms with Crippen LogP contribution in [0.2, 0.25) is 0 Å². The van der Waals surface area contributed by atoms with E-state index in [-0.39, 0.29) is 11.7 Å². The van der Waals surface area contributed by atoms with Gasteiger partial charge in [-0.15, -0.1) is 0 Å². The predicted octanol–water partition coefficient (Wildman–Crippen LogP) is 5.47. The first-order chi connectivity index (χ1) is 13.1. The van der Waals surface area contributed by atoms with E-state index in [1.807, 2.05) is 23.1 Å². The molecule has 0 aliphatic heterocycles. The van der Waals surface area contributed by atoms with Crippen molar-refractivity contribution in [2.75, 3.05) is 6.54 Å². The summed E-state index contributed by atoms with van der Waals surface area (Å²) >= 11 is 0. The van der Waals surface area contributed by atoms with Gasteiger partial charge in [-0.05, 0) is 47.2 Å². The van der Waals surface area contributed by atoms with Crippen LogP contribution in [0.3, 0.4) is 0 Å². The van der Waals surface area contributed by atoms with Gasteiger partial charge < -0.3 is 4.90 Å². The lowest BCUT2D eigenvalue weighted by Gasteiger charge is -2.21. The quantitative estimate of drug-likeness (QED) is 0.546. The van der Waals surface area contributed by atoms with E-state index in [9.17, 15) is 9.18 Å². The molecule has 2 nitrogen and oxygen atoms in total. The van der Waals surface area contributed by atoms with Gasteiger partial charge in [0.2, 0.25) is 5.91 Å². The van der Waals surface area contributed by atoms with E-state index in [4.69, 9.17) is 0 Å². The molecule has 27 heavy (non-hydrogen) atoms. The molecule has 0 N–H and O–H groups in total. The number of benzene rings is 3. The van der Waals surface area contributed by atoms with Crippen LogP contribution in [0, 0.1) is 5.82 Å². The van der Waals surface area contributed by atoms with Crippen LogP contribution < -0.4 is 0 Å². The van der Waals surface area contributed by atoms with Crippen LogP contribution in [-0.4, -0.2) is 17.4 Å². The molecule has 0 aliphatic carbocycles. The lowest BCUT2D eigenvalue weighted by molar-refractivity contribution is -0.129. The normalized spacial score (nSPS) is 10.6. The third-order valence-corrected chi connectivity index (χ3v) is 4.69. The van der Waals surface area contributed by atoms with Crippen molar-refractivity contribution >= 4 is 5.91 Å². The number of carbonyl (C=O) groups excluding carboxylic acids is 1. The van der Waals surface area contributed by atoms with Gasteiger partial charge in [-0.1, -0.05) is 66.7 Å². The summed E-state index contributed by atoms with van der Waals surface area (Å²) in [7, 11) is 0. The second-order valence-corrected chi connectivity index (χ2v) is 6.73. The van der Waals surface area contributed by atoms with Gasteiger partial charge in [-0.3, -0.25) is 4.79 Å². The molecular formula is C24H24FNO. The van der Waals surface area contributed by atoms with Crippen LogP contribution in [0.1, 0.15) is 24.5 Å². The Hall–Kier alpha value is -2.94. The summed E-state index contributed by atoms with van der Waals surface area (Å²) in [4.78, 5) is 13.7. The molecule has 0 saturated carbocycles. The number of rotatable bonds is 7. The molecule has 0 unspecified atom stereocenters. The van der Waals surface area contributed by atoms with Gasteiger partial charge in [0.15, 0.2) is 0 Å². The van der Waals surface area contributed by atoms with Crippen LogP contribution in [-0.2, 0) is 17.8 Å². The van der Waals surface area contributed by atoms with E-state index < -0.39 is 0 Å². The lowest BCUT2D eigenvalue weighted by Crippen LogP contribution is -2.29. The fourth-order valence-electron chi connectivity index (χ4n) is 3.13. The van der Waals surface area contributed by atoms with E-state index >= 15 is 0 Å². The summed E-state index contributed by atoms with van der Waals surface area (Å²) < 4.78 is 13.0. The van der Waals surface area contributed by atoms with Crippen molar-refractivity contribution in [2.24, 2.45) is 0 Å². The summed E-state index contributed by atoms with van der Waals surface area (Å²) in [5, 5.41) is 0. The summed E-state index contributed by atoms with van der Waals surface area (Å²) in [5.41, 5.74) is 4.63. The zero-order chi connectivity index (χ0) is 19.1. The Kier molecular flexibility index (Phi) is 6.37. The summed E-state index contributed by atoms with van der Waals surface area (Å²) in [6.45, 7) is 2.79. The van der Waals surface area contributed by atoms with Crippen LogP contribution >= 0.6 is 0 Å². The van der Waals surface area contributed by atoms with Crippen molar-refractivity contribution < 1.29 is 9.18 Å². The summed E-state index contributed by atoms with van der Waals surface area (Å²) in [5.74, 6) is -0.217. The van der Waals surface area contributed by atoms with Gasteiger partial charge in [0.25, 0.3) is 0 Å². The first-order valence-electron chi connectivity index (χ1n) is 9.26. The first kappa shape index (κ1) is 18.8. The van der Waals surface area contributed by atoms with Crippen LogP contribution in [0.15, 0.2) is 78.9 Å². The Morgan fingerprint density at radius 2 is 1.41 bits per heavy atom. The molecule has 3 heteroatoms. The Bertz CT molecular complexity index is 857. The van der Waals surface area contributed by atoms with Crippen LogP contribution in [0.4, 0.5) is 4.39 Å². The minimum Gasteiger partial charge on any atom is -0.339 e. The molecule has 0 spiro atoms. The Morgan fingerprint density at radius 1 is 0.815 bits per heavy atom. The number of amides is 1. The monoisotopic (exact) mass is 361 g/mol. The maximum atomic E-state index is 13.0. The zero-order valence-electron chi connectivity index (χ0n) is 15.6. The highest BCUT2D eigenvalue weighted by molar-refractivity contribution is 5.73. The second-order valence-electron chi connectivity index (χ2n) is 6.73. The minimum absolute atomic E-state index is 0.0405. The van der Waals surface area contributed by atoms with Gasteiger partial charge >= 0.3 is 0 Å². The molecule has 0 atom stereocenters. The third kappa shape index (κ3) is 5.52. The molecule has 3 rings (SSSR count). The van der Waals surface area contributed by atoms with Gasteiger partial charge in [0.05, 0.1) is 0 Å². The highest BCUT2D eigenvalue weighted by atomic mass is 19.1. The van der Waals surface area contributed by atoms with Crippen molar-refractivity contribution in [1.82, 2.24) is 4.90 Å². The molecule has 0 aromatic heterocycles. The first-order valence-corrected chi connectivity index (χ1v) is 9.26. The number of hydrogen-bond donors (Lipinski definition) is 0. The number of aryl methyl sites for hydroxylation is 1. The van der Waals surface area contributed by atoms with E-state index in [2.05, 4.69) is 36.4 Å². The van der Waals surface area contributed by atoms with Gasteiger partial charge in [-0.2, -0.15) is 0 Å². The minimum atomic E-state index is -0.257. The Labute approximate surface area is 160 Å². The molecule has 3 aromatic carbocycles. The van der Waals surface area contributed by atoms with Crippen LogP contribution in [0.25, 0.3) is 11.1 Å². The molecule has 0 fully saturated rings. The Balaban J connectivity index is 1.54. The van der Waals surface area contributed by atoms with Crippen LogP contribution in [0.5, 0.6) is 0 Å². The lowest BCUT2D eigenvalue weighted by atomic mass is 10.0. The number of hydrogen-bond acceptors (Lipinski definition) is 1. The van der Waals surface area contributed by atoms with Crippen molar-refractivity contribution in [3.8, 4) is 11.1 Å². The maximum Gasteiger partial charge on any atom is 0.219 e. The van der Waals surface area contributed by atoms with E-state index in [0.29, 0.717) is 13.1 Å². The van der Waals surface area contributed by atoms with E-state index in [1.165, 1.54) is 28.8 Å². The maximum absolute atomic E-state index is 13.0. The molecular weight excluding hydrogens is 337 g/mol. The second kappa shape index (κ2) is 9.13. The van der Waals surface area contributed by atoms with Gasteiger partial charge in [0.1, 0.15) is 5.82 Å². The molecule has 0 heterocycles. The summed E-state index contributed by atoms with van der Waals surface area (Å²) in [6, 6.07) is 25.2. The smallest absolute Gasteiger partial charge is 0.219 e. The predicted molar refractivity (Wildman–Crippen MR) is 108 cm³/mol. The molecule has 1 amide bonds. The molecule has 0 radical (unpaired) electrons. The molecule has 138 valence electrons. The Morgan fingerprint density at radius 3 is 2.04 bits per heavy atom. The molecule has 0 bridgehead atoms. The topological polar surface area (TPSA) is 20.3 Å². The van der Waals surface area contributed by atoms with E-state index in [0.717, 1.165) is 18.4 Å². The average molecular weight is 361 g/mol. The highest BCUT2D eigenvalue weighted by Gasteiger charge is 2.09. The number of halogens is 1. The van der Waals surface area contributed by atoms with Crippen molar-refractivity contribution in [3.63, 3.8) is 0 Å². The van der Waals surface area contributed by atoms with Gasteiger partial charge in [0, 0.05) is 20.0 Å². The number of nitrogens with zero attached hydrogens (tertiary/aromatic N) is 1. The molecule has 3 aromatic rings. The fourth-order valence-corrected chi connectivity index (χ4v) is 3.13. The fraction of sp³-hybridized carbons (Fsp3) is 0.208.